The van der Waals surface area contributed by atoms with Crippen LogP contribution in [0.4, 0.5) is 0 Å². The number of benzene rings is 3. The maximum absolute atomic E-state index is 13.0. The summed E-state index contributed by atoms with van der Waals surface area (Å²) in [5.41, 5.74) is 0.504. The van der Waals surface area contributed by atoms with E-state index in [-0.39, 0.29) is 5.92 Å². The summed E-state index contributed by atoms with van der Waals surface area (Å²) >= 11 is 0. The molecule has 0 heterocycles. The first-order valence-electron chi connectivity index (χ1n) is 10.3. The minimum Gasteiger partial charge on any atom is -0.467 e. The van der Waals surface area contributed by atoms with Gasteiger partial charge in [-0.3, -0.25) is 0 Å². The number of carbonyl (C=O) groups excluding carboxylic acids is 1. The largest absolute Gasteiger partial charge is 0.467 e. The molecular weight excluding hydrogens is 376 g/mol. The molecule has 0 aliphatic heterocycles. The third-order valence-corrected chi connectivity index (χ3v) is 7.89. The Hall–Kier alpha value is -2.95. The molecule has 3 aliphatic carbocycles. The quantitative estimate of drug-likeness (QED) is 0.666. The lowest BCUT2D eigenvalue weighted by molar-refractivity contribution is -0.177. The zero-order chi connectivity index (χ0) is 20.7. The van der Waals surface area contributed by atoms with Gasteiger partial charge in [-0.1, -0.05) is 84.9 Å². The summed E-state index contributed by atoms with van der Waals surface area (Å²) in [6.45, 7) is 0. The summed E-state index contributed by atoms with van der Waals surface area (Å²) in [7, 11) is 1.26. The number of hydrogen-bond donors (Lipinski definition) is 2. The molecule has 30 heavy (non-hydrogen) atoms. The highest BCUT2D eigenvalue weighted by atomic mass is 16.5. The van der Waals surface area contributed by atoms with Crippen molar-refractivity contribution in [1.29, 1.82) is 0 Å². The van der Waals surface area contributed by atoms with Crippen LogP contribution >= 0.6 is 0 Å². The molecule has 4 heteroatoms. The average Bonchev–Trinajstić information content (AvgIpc) is 3.27. The zero-order valence-corrected chi connectivity index (χ0v) is 16.5. The third kappa shape index (κ3) is 1.60. The molecular formula is C26H22O4. The summed E-state index contributed by atoms with van der Waals surface area (Å²) in [5.74, 6) is -1.42. The predicted octanol–water partition coefficient (Wildman–Crippen LogP) is 3.04. The van der Waals surface area contributed by atoms with Crippen molar-refractivity contribution >= 4 is 5.97 Å². The number of carbonyl (C=O) groups is 1. The molecule has 3 aliphatic rings. The molecule has 0 radical (unpaired) electrons. The van der Waals surface area contributed by atoms with E-state index in [1.54, 1.807) is 0 Å². The van der Waals surface area contributed by atoms with E-state index in [9.17, 15) is 15.0 Å². The maximum atomic E-state index is 13.0. The second kappa shape index (κ2) is 5.60. The summed E-state index contributed by atoms with van der Waals surface area (Å²) in [6, 6.07) is 27.8. The van der Waals surface area contributed by atoms with Gasteiger partial charge in [-0.25, -0.2) is 4.79 Å². The van der Waals surface area contributed by atoms with Gasteiger partial charge in [0, 0.05) is 22.7 Å². The van der Waals surface area contributed by atoms with Crippen LogP contribution < -0.4 is 0 Å². The Kier molecular flexibility index (Phi) is 3.33. The fraction of sp³-hybridized carbons (Fsp3) is 0.269. The van der Waals surface area contributed by atoms with Crippen molar-refractivity contribution < 1.29 is 19.7 Å². The lowest BCUT2D eigenvalue weighted by atomic mass is 9.74. The molecule has 0 aromatic heterocycles. The number of hydrogen-bond acceptors (Lipinski definition) is 4. The summed E-state index contributed by atoms with van der Waals surface area (Å²) in [6.07, 6.45) is -1.30. The monoisotopic (exact) mass is 398 g/mol. The standard InChI is InChI=1S/C26H22O4/c1-30-23(28)26(29)21-19-15-9-8-14-18(19)20-24(21,16-10-4-2-5-11-16)25(20,22(26)27)17-12-6-3-7-13-17/h2-15,20-22,27,29H,1H3/t20-,21+,22+,24-,25+,26-/m1/s1. The zero-order valence-electron chi connectivity index (χ0n) is 16.5. The molecule has 2 saturated carbocycles. The smallest absolute Gasteiger partial charge is 0.341 e. The fourth-order valence-electron chi connectivity index (χ4n) is 7.13. The van der Waals surface area contributed by atoms with Crippen molar-refractivity contribution in [1.82, 2.24) is 0 Å². The molecule has 3 aromatic carbocycles. The number of fused-ring (bicyclic) bond motifs is 4. The van der Waals surface area contributed by atoms with E-state index in [0.29, 0.717) is 0 Å². The molecule has 3 aromatic rings. The van der Waals surface area contributed by atoms with Gasteiger partial charge in [0.15, 0.2) is 5.60 Å². The number of rotatable bonds is 3. The Balaban J connectivity index is 1.75. The van der Waals surface area contributed by atoms with Crippen LogP contribution in [0.3, 0.4) is 0 Å². The molecule has 4 nitrogen and oxygen atoms in total. The van der Waals surface area contributed by atoms with E-state index in [1.807, 2.05) is 78.9 Å². The van der Waals surface area contributed by atoms with Crippen molar-refractivity contribution in [2.45, 2.75) is 34.4 Å². The second-order valence-corrected chi connectivity index (χ2v) is 8.68. The minimum atomic E-state index is -2.04. The van der Waals surface area contributed by atoms with Crippen LogP contribution in [-0.2, 0) is 20.4 Å². The van der Waals surface area contributed by atoms with E-state index in [1.165, 1.54) is 7.11 Å². The topological polar surface area (TPSA) is 66.8 Å². The van der Waals surface area contributed by atoms with Gasteiger partial charge < -0.3 is 14.9 Å². The van der Waals surface area contributed by atoms with Gasteiger partial charge in [-0.05, 0) is 22.3 Å². The van der Waals surface area contributed by atoms with Gasteiger partial charge in [-0.2, -0.15) is 0 Å². The van der Waals surface area contributed by atoms with Gasteiger partial charge in [0.05, 0.1) is 7.11 Å². The Bertz CT molecular complexity index is 1160. The lowest BCUT2D eigenvalue weighted by Crippen LogP contribution is -2.54. The Morgan fingerprint density at radius 3 is 1.77 bits per heavy atom. The number of methoxy groups -OCH3 is 1. The fourth-order valence-corrected chi connectivity index (χ4v) is 7.13. The molecule has 0 unspecified atom stereocenters. The molecule has 150 valence electrons. The van der Waals surface area contributed by atoms with Gasteiger partial charge in [0.2, 0.25) is 0 Å². The van der Waals surface area contributed by atoms with Crippen molar-refractivity contribution in [2.75, 3.05) is 7.11 Å². The highest BCUT2D eigenvalue weighted by molar-refractivity contribution is 5.90. The predicted molar refractivity (Wildman–Crippen MR) is 111 cm³/mol. The molecule has 0 amide bonds. The van der Waals surface area contributed by atoms with Gasteiger partial charge >= 0.3 is 5.97 Å². The molecule has 0 saturated heterocycles. The van der Waals surface area contributed by atoms with E-state index in [0.717, 1.165) is 22.3 Å². The first kappa shape index (κ1) is 17.9. The first-order valence-corrected chi connectivity index (χ1v) is 10.3. The highest BCUT2D eigenvalue weighted by Crippen LogP contribution is 2.91. The van der Waals surface area contributed by atoms with E-state index in [2.05, 4.69) is 6.07 Å². The van der Waals surface area contributed by atoms with Crippen LogP contribution in [0, 0.1) is 0 Å². The average molecular weight is 398 g/mol. The van der Waals surface area contributed by atoms with Crippen molar-refractivity contribution in [3.8, 4) is 0 Å². The molecule has 0 spiro atoms. The van der Waals surface area contributed by atoms with Crippen LogP contribution in [-0.4, -0.2) is 35.0 Å². The van der Waals surface area contributed by atoms with Crippen molar-refractivity contribution in [3.05, 3.63) is 107 Å². The first-order chi connectivity index (χ1) is 14.6. The van der Waals surface area contributed by atoms with Crippen LogP contribution in [0.15, 0.2) is 84.9 Å². The van der Waals surface area contributed by atoms with Crippen LogP contribution in [0.25, 0.3) is 0 Å². The van der Waals surface area contributed by atoms with Crippen LogP contribution in [0.1, 0.15) is 34.1 Å². The Morgan fingerprint density at radius 1 is 0.767 bits per heavy atom. The Labute approximate surface area is 174 Å². The summed E-state index contributed by atoms with van der Waals surface area (Å²) < 4.78 is 5.05. The van der Waals surface area contributed by atoms with Gasteiger partial charge in [0.25, 0.3) is 0 Å². The molecule has 6 rings (SSSR count). The number of esters is 1. The second-order valence-electron chi connectivity index (χ2n) is 8.68. The lowest BCUT2D eigenvalue weighted by Gasteiger charge is -2.34. The van der Waals surface area contributed by atoms with Gasteiger partial charge in [-0.15, -0.1) is 0 Å². The highest BCUT2D eigenvalue weighted by Gasteiger charge is 2.96. The Morgan fingerprint density at radius 2 is 1.23 bits per heavy atom. The minimum absolute atomic E-state index is 0.0315. The summed E-state index contributed by atoms with van der Waals surface area (Å²) in [4.78, 5) is 13.0. The van der Waals surface area contributed by atoms with Crippen LogP contribution in [0.5, 0.6) is 0 Å². The maximum Gasteiger partial charge on any atom is 0.341 e. The molecule has 0 bridgehead atoms. The van der Waals surface area contributed by atoms with Gasteiger partial charge in [0.1, 0.15) is 6.10 Å². The van der Waals surface area contributed by atoms with E-state index in [4.69, 9.17) is 4.74 Å². The molecule has 6 atom stereocenters. The number of ether oxygens (including phenoxy) is 1. The molecule has 2 fully saturated rings. The normalized spacial score (nSPS) is 37.4. The van der Waals surface area contributed by atoms with Crippen LogP contribution in [0.2, 0.25) is 0 Å². The number of aliphatic hydroxyl groups excluding tert-OH is 1. The van der Waals surface area contributed by atoms with Crippen molar-refractivity contribution in [2.24, 2.45) is 0 Å². The third-order valence-electron chi connectivity index (χ3n) is 7.89. The summed E-state index contributed by atoms with van der Waals surface area (Å²) in [5, 5.41) is 23.7. The van der Waals surface area contributed by atoms with Crippen molar-refractivity contribution in [3.63, 3.8) is 0 Å². The SMILES string of the molecule is COC(=O)[C@]1(O)[C@@H](O)[C@]2(c3ccccc3)[C@@H]3c4ccccc4[C@H]1[C@@]32c1ccccc1. The van der Waals surface area contributed by atoms with E-state index >= 15 is 0 Å². The van der Waals surface area contributed by atoms with E-state index < -0.39 is 34.4 Å². The number of aliphatic hydroxyl groups is 2. The molecule has 2 N–H and O–H groups in total.